The van der Waals surface area contributed by atoms with Gasteiger partial charge in [-0.3, -0.25) is 9.69 Å². The summed E-state index contributed by atoms with van der Waals surface area (Å²) >= 11 is 5.10. The minimum Gasteiger partial charge on any atom is -0.392 e. The van der Waals surface area contributed by atoms with Crippen molar-refractivity contribution in [3.05, 3.63) is 22.7 Å². The van der Waals surface area contributed by atoms with Gasteiger partial charge in [0, 0.05) is 32.2 Å². The molecule has 104 valence electrons. The molecular formula is C12H19N5OS. The van der Waals surface area contributed by atoms with E-state index < -0.39 is 0 Å². The highest BCUT2D eigenvalue weighted by Gasteiger charge is 2.24. The number of H-pyrrole nitrogens is 1. The van der Waals surface area contributed by atoms with Crippen molar-refractivity contribution >= 4 is 23.0 Å². The fraction of sp³-hybridized carbons (Fsp3) is 0.583. The molecular weight excluding hydrogens is 262 g/mol. The zero-order chi connectivity index (χ0) is 13.8. The number of nitrogens with one attached hydrogen (secondary N) is 1. The molecule has 1 aromatic rings. The molecule has 1 aliphatic rings. The average Bonchev–Trinajstić information content (AvgIpc) is 2.40. The molecule has 0 aromatic carbocycles. The third-order valence-electron chi connectivity index (χ3n) is 3.46. The van der Waals surface area contributed by atoms with Gasteiger partial charge in [-0.25, -0.2) is 4.98 Å². The lowest BCUT2D eigenvalue weighted by Crippen LogP contribution is -2.53. The Labute approximate surface area is 117 Å². The number of hydrogen-bond donors (Lipinski definition) is 2. The number of hydrogen-bond acceptors (Lipinski definition) is 5. The lowest BCUT2D eigenvalue weighted by molar-refractivity contribution is 0.224. The Bertz CT molecular complexity index is 495. The van der Waals surface area contributed by atoms with Crippen molar-refractivity contribution in [2.45, 2.75) is 19.4 Å². The smallest absolute Gasteiger partial charge is 0.252 e. The molecule has 1 atom stereocenters. The summed E-state index contributed by atoms with van der Waals surface area (Å²) < 4.78 is 0. The van der Waals surface area contributed by atoms with Crippen molar-refractivity contribution in [2.75, 3.05) is 31.1 Å². The minimum atomic E-state index is -0.123. The van der Waals surface area contributed by atoms with Gasteiger partial charge in [0.1, 0.15) is 5.82 Å². The lowest BCUT2D eigenvalue weighted by Gasteiger charge is -2.39. The summed E-state index contributed by atoms with van der Waals surface area (Å²) in [5.41, 5.74) is 5.64. The van der Waals surface area contributed by atoms with Crippen LogP contribution in [0.25, 0.3) is 0 Å². The average molecular weight is 281 g/mol. The van der Waals surface area contributed by atoms with Gasteiger partial charge < -0.3 is 15.6 Å². The molecule has 0 amide bonds. The van der Waals surface area contributed by atoms with Crippen molar-refractivity contribution in [2.24, 2.45) is 5.73 Å². The van der Waals surface area contributed by atoms with E-state index >= 15 is 0 Å². The number of thiocarbonyl (C=S) groups is 1. The van der Waals surface area contributed by atoms with Gasteiger partial charge in [0.25, 0.3) is 5.56 Å². The standard InChI is InChI=1S/C12H19N5OS/c1-2-9(12(13)19)16-3-5-17(6-4-16)10-7-11(18)15-8-14-10/h7-9H,2-6H2,1H3,(H2,13,19)(H,14,15,18). The van der Waals surface area contributed by atoms with Gasteiger partial charge in [-0.1, -0.05) is 19.1 Å². The van der Waals surface area contributed by atoms with Gasteiger partial charge in [-0.05, 0) is 6.42 Å². The van der Waals surface area contributed by atoms with Crippen LogP contribution in [0.3, 0.4) is 0 Å². The predicted molar refractivity (Wildman–Crippen MR) is 79.5 cm³/mol. The highest BCUT2D eigenvalue weighted by molar-refractivity contribution is 7.80. The molecule has 7 heteroatoms. The van der Waals surface area contributed by atoms with Crippen molar-refractivity contribution < 1.29 is 0 Å². The fourth-order valence-electron chi connectivity index (χ4n) is 2.43. The number of nitrogens with zero attached hydrogens (tertiary/aromatic N) is 3. The fourth-order valence-corrected chi connectivity index (χ4v) is 2.75. The van der Waals surface area contributed by atoms with E-state index in [0.29, 0.717) is 4.99 Å². The Morgan fingerprint density at radius 3 is 2.74 bits per heavy atom. The largest absolute Gasteiger partial charge is 0.392 e. The van der Waals surface area contributed by atoms with Gasteiger partial charge in [-0.2, -0.15) is 0 Å². The number of nitrogens with two attached hydrogens (primary N) is 1. The van der Waals surface area contributed by atoms with Gasteiger partial charge in [0.2, 0.25) is 0 Å². The van der Waals surface area contributed by atoms with Crippen LogP contribution in [0.15, 0.2) is 17.2 Å². The third-order valence-corrected chi connectivity index (χ3v) is 3.73. The zero-order valence-corrected chi connectivity index (χ0v) is 11.8. The second kappa shape index (κ2) is 6.12. The monoisotopic (exact) mass is 281 g/mol. The molecule has 0 aliphatic carbocycles. The summed E-state index contributed by atoms with van der Waals surface area (Å²) in [5.74, 6) is 0.728. The van der Waals surface area contributed by atoms with E-state index in [0.717, 1.165) is 38.4 Å². The Hall–Kier alpha value is -1.47. The van der Waals surface area contributed by atoms with E-state index in [4.69, 9.17) is 18.0 Å². The first-order chi connectivity index (χ1) is 9.11. The normalized spacial score (nSPS) is 18.3. The molecule has 2 heterocycles. The number of anilines is 1. The highest BCUT2D eigenvalue weighted by Crippen LogP contribution is 2.14. The van der Waals surface area contributed by atoms with Crippen molar-refractivity contribution in [3.8, 4) is 0 Å². The summed E-state index contributed by atoms with van der Waals surface area (Å²) in [7, 11) is 0. The van der Waals surface area contributed by atoms with Crippen molar-refractivity contribution in [1.82, 2.24) is 14.9 Å². The Morgan fingerprint density at radius 1 is 1.53 bits per heavy atom. The van der Waals surface area contributed by atoms with Crippen LogP contribution < -0.4 is 16.2 Å². The Balaban J connectivity index is 1.99. The summed E-state index contributed by atoms with van der Waals surface area (Å²) in [6.45, 7) is 5.51. The van der Waals surface area contributed by atoms with E-state index in [-0.39, 0.29) is 11.6 Å². The van der Waals surface area contributed by atoms with E-state index in [2.05, 4.69) is 26.7 Å². The van der Waals surface area contributed by atoms with E-state index in [1.807, 2.05) is 0 Å². The highest BCUT2D eigenvalue weighted by atomic mass is 32.1. The molecule has 6 nitrogen and oxygen atoms in total. The molecule has 0 radical (unpaired) electrons. The van der Waals surface area contributed by atoms with Crippen LogP contribution in [0.1, 0.15) is 13.3 Å². The summed E-state index contributed by atoms with van der Waals surface area (Å²) in [5, 5.41) is 0. The number of aromatic amines is 1. The molecule has 0 spiro atoms. The lowest BCUT2D eigenvalue weighted by atomic mass is 10.1. The summed E-state index contributed by atoms with van der Waals surface area (Å²) in [4.78, 5) is 23.0. The van der Waals surface area contributed by atoms with Crippen LogP contribution in [-0.4, -0.2) is 52.1 Å². The van der Waals surface area contributed by atoms with E-state index in [1.54, 1.807) is 0 Å². The Morgan fingerprint density at radius 2 is 2.21 bits per heavy atom. The Kier molecular flexibility index (Phi) is 4.49. The quantitative estimate of drug-likeness (QED) is 0.754. The SMILES string of the molecule is CCC(C(N)=S)N1CCN(c2cc(=O)[nH]cn2)CC1. The molecule has 1 fully saturated rings. The molecule has 3 N–H and O–H groups in total. The number of aromatic nitrogens is 2. The maximum absolute atomic E-state index is 11.3. The minimum absolute atomic E-state index is 0.123. The summed E-state index contributed by atoms with van der Waals surface area (Å²) in [6, 6.07) is 1.70. The third kappa shape index (κ3) is 3.30. The van der Waals surface area contributed by atoms with Crippen LogP contribution in [0.5, 0.6) is 0 Å². The van der Waals surface area contributed by atoms with Gasteiger partial charge in [0.15, 0.2) is 0 Å². The van der Waals surface area contributed by atoms with Gasteiger partial charge in [0.05, 0.1) is 17.4 Å². The molecule has 2 rings (SSSR count). The molecule has 1 saturated heterocycles. The molecule has 1 aromatic heterocycles. The number of piperazine rings is 1. The number of rotatable bonds is 4. The first kappa shape index (κ1) is 14.0. The molecule has 1 unspecified atom stereocenters. The maximum Gasteiger partial charge on any atom is 0.252 e. The van der Waals surface area contributed by atoms with E-state index in [1.165, 1.54) is 12.4 Å². The molecule has 0 bridgehead atoms. The predicted octanol–water partition coefficient (Wildman–Crippen LogP) is -0.0434. The van der Waals surface area contributed by atoms with Crippen LogP contribution in [0.2, 0.25) is 0 Å². The first-order valence-electron chi connectivity index (χ1n) is 6.45. The van der Waals surface area contributed by atoms with Gasteiger partial charge >= 0.3 is 0 Å². The van der Waals surface area contributed by atoms with Crippen LogP contribution in [0, 0.1) is 0 Å². The van der Waals surface area contributed by atoms with Crippen LogP contribution in [0.4, 0.5) is 5.82 Å². The second-order valence-corrected chi connectivity index (χ2v) is 5.09. The van der Waals surface area contributed by atoms with E-state index in [9.17, 15) is 4.79 Å². The topological polar surface area (TPSA) is 78.2 Å². The maximum atomic E-state index is 11.3. The summed E-state index contributed by atoms with van der Waals surface area (Å²) in [6.07, 6.45) is 2.37. The van der Waals surface area contributed by atoms with Crippen molar-refractivity contribution in [3.63, 3.8) is 0 Å². The van der Waals surface area contributed by atoms with Gasteiger partial charge in [-0.15, -0.1) is 0 Å². The molecule has 19 heavy (non-hydrogen) atoms. The second-order valence-electron chi connectivity index (χ2n) is 4.62. The first-order valence-corrected chi connectivity index (χ1v) is 6.85. The zero-order valence-electron chi connectivity index (χ0n) is 11.0. The van der Waals surface area contributed by atoms with Crippen LogP contribution in [-0.2, 0) is 0 Å². The van der Waals surface area contributed by atoms with Crippen molar-refractivity contribution in [1.29, 1.82) is 0 Å². The van der Waals surface area contributed by atoms with Crippen LogP contribution >= 0.6 is 12.2 Å². The molecule has 1 aliphatic heterocycles. The molecule has 0 saturated carbocycles.